The summed E-state index contributed by atoms with van der Waals surface area (Å²) in [6.45, 7) is 9.21. The number of rotatable bonds is 4. The molecule has 1 rings (SSSR count). The summed E-state index contributed by atoms with van der Waals surface area (Å²) in [5, 5.41) is 3.28. The van der Waals surface area contributed by atoms with Gasteiger partial charge in [-0.25, -0.2) is 0 Å². The van der Waals surface area contributed by atoms with Crippen molar-refractivity contribution in [2.45, 2.75) is 20.3 Å². The van der Waals surface area contributed by atoms with Crippen LogP contribution in [0.15, 0.2) is 12.2 Å². The van der Waals surface area contributed by atoms with E-state index in [-0.39, 0.29) is 0 Å². The highest BCUT2D eigenvalue weighted by Gasteiger charge is 2.32. The fraction of sp³-hybridized carbons (Fsp3) is 0.818. The number of nitrogens with one attached hydrogen (secondary N) is 1. The molecule has 2 nitrogen and oxygen atoms in total. The van der Waals surface area contributed by atoms with E-state index in [1.807, 2.05) is 7.05 Å². The number of hydrogen-bond acceptors (Lipinski definition) is 2. The third kappa shape index (κ3) is 3.12. The van der Waals surface area contributed by atoms with Crippen LogP contribution in [0.25, 0.3) is 0 Å². The summed E-state index contributed by atoms with van der Waals surface area (Å²) in [6, 6.07) is 0. The summed E-state index contributed by atoms with van der Waals surface area (Å²) >= 11 is 0. The summed E-state index contributed by atoms with van der Waals surface area (Å²) in [4.78, 5) is 2.53. The molecule has 0 aliphatic carbocycles. The smallest absolute Gasteiger partial charge is 0.0163 e. The van der Waals surface area contributed by atoms with Crippen molar-refractivity contribution >= 4 is 0 Å². The number of likely N-dealkylation sites (tertiary alicyclic amines) is 1. The normalized spacial score (nSPS) is 30.4. The molecule has 1 saturated heterocycles. The average molecular weight is 182 g/mol. The molecule has 1 fully saturated rings. The molecular weight excluding hydrogens is 160 g/mol. The van der Waals surface area contributed by atoms with Crippen molar-refractivity contribution < 1.29 is 0 Å². The summed E-state index contributed by atoms with van der Waals surface area (Å²) in [7, 11) is 2.04. The Kier molecular flexibility index (Phi) is 3.94. The molecule has 13 heavy (non-hydrogen) atoms. The van der Waals surface area contributed by atoms with Gasteiger partial charge >= 0.3 is 0 Å². The lowest BCUT2D eigenvalue weighted by Gasteiger charge is -2.23. The molecule has 1 aliphatic rings. The van der Waals surface area contributed by atoms with E-state index in [4.69, 9.17) is 0 Å². The van der Waals surface area contributed by atoms with Crippen LogP contribution in [-0.4, -0.2) is 38.1 Å². The van der Waals surface area contributed by atoms with Gasteiger partial charge in [0.25, 0.3) is 0 Å². The van der Waals surface area contributed by atoms with Crippen molar-refractivity contribution in [3.63, 3.8) is 0 Å². The summed E-state index contributed by atoms with van der Waals surface area (Å²) in [5.74, 6) is 0. The Morgan fingerprint density at radius 3 is 2.92 bits per heavy atom. The first-order valence-electron chi connectivity index (χ1n) is 5.18. The number of allylic oxidation sites excluding steroid dienone is 1. The van der Waals surface area contributed by atoms with Gasteiger partial charge in [-0.05, 0) is 32.4 Å². The van der Waals surface area contributed by atoms with Crippen LogP contribution >= 0.6 is 0 Å². The Morgan fingerprint density at radius 1 is 1.54 bits per heavy atom. The predicted octanol–water partition coefficient (Wildman–Crippen LogP) is 1.49. The molecule has 1 atom stereocenters. The first-order chi connectivity index (χ1) is 6.20. The molecule has 0 aromatic carbocycles. The average Bonchev–Trinajstić information content (AvgIpc) is 2.45. The van der Waals surface area contributed by atoms with Gasteiger partial charge in [0.1, 0.15) is 0 Å². The second-order valence-corrected chi connectivity index (χ2v) is 4.40. The lowest BCUT2D eigenvalue weighted by molar-refractivity contribution is 0.288. The quantitative estimate of drug-likeness (QED) is 0.663. The summed E-state index contributed by atoms with van der Waals surface area (Å²) in [6.07, 6.45) is 5.70. The molecule has 76 valence electrons. The number of nitrogens with zero attached hydrogens (tertiary/aromatic N) is 1. The first kappa shape index (κ1) is 10.7. The Balaban J connectivity index is 2.34. The molecule has 0 saturated carbocycles. The molecule has 0 aromatic heterocycles. The van der Waals surface area contributed by atoms with Gasteiger partial charge in [0.15, 0.2) is 0 Å². The van der Waals surface area contributed by atoms with Gasteiger partial charge in [-0.2, -0.15) is 0 Å². The zero-order chi connectivity index (χ0) is 9.73. The maximum atomic E-state index is 3.28. The predicted molar refractivity (Wildman–Crippen MR) is 57.9 cm³/mol. The minimum absolute atomic E-state index is 0.496. The van der Waals surface area contributed by atoms with E-state index < -0.39 is 0 Å². The van der Waals surface area contributed by atoms with E-state index in [0.29, 0.717) is 5.41 Å². The summed E-state index contributed by atoms with van der Waals surface area (Å²) in [5.41, 5.74) is 0.496. The fourth-order valence-corrected chi connectivity index (χ4v) is 2.11. The molecule has 0 spiro atoms. The standard InChI is InChI=1S/C11H22N2/c1-4-5-7-13-8-6-11(2,10-13)9-12-3/h4-5,12H,6-10H2,1-3H3/b5-4+. The molecule has 0 radical (unpaired) electrons. The van der Waals surface area contributed by atoms with Crippen molar-refractivity contribution in [3.8, 4) is 0 Å². The lowest BCUT2D eigenvalue weighted by Crippen LogP contribution is -2.33. The minimum Gasteiger partial charge on any atom is -0.319 e. The molecule has 2 heteroatoms. The molecule has 1 unspecified atom stereocenters. The van der Waals surface area contributed by atoms with Crippen LogP contribution in [0, 0.1) is 5.41 Å². The summed E-state index contributed by atoms with van der Waals surface area (Å²) < 4.78 is 0. The van der Waals surface area contributed by atoms with Gasteiger partial charge in [0.05, 0.1) is 0 Å². The van der Waals surface area contributed by atoms with Crippen molar-refractivity contribution in [2.24, 2.45) is 5.41 Å². The van der Waals surface area contributed by atoms with E-state index in [9.17, 15) is 0 Å². The van der Waals surface area contributed by atoms with Gasteiger partial charge in [0, 0.05) is 19.6 Å². The van der Waals surface area contributed by atoms with Gasteiger partial charge in [0.2, 0.25) is 0 Å². The van der Waals surface area contributed by atoms with Gasteiger partial charge in [-0.1, -0.05) is 19.1 Å². The van der Waals surface area contributed by atoms with Crippen LogP contribution < -0.4 is 5.32 Å². The Labute approximate surface area is 82.0 Å². The third-order valence-corrected chi connectivity index (χ3v) is 2.84. The Morgan fingerprint density at radius 2 is 2.31 bits per heavy atom. The van der Waals surface area contributed by atoms with E-state index in [0.717, 1.165) is 13.1 Å². The highest BCUT2D eigenvalue weighted by Crippen LogP contribution is 2.28. The van der Waals surface area contributed by atoms with E-state index in [1.165, 1.54) is 19.5 Å². The van der Waals surface area contributed by atoms with E-state index in [1.54, 1.807) is 0 Å². The van der Waals surface area contributed by atoms with Crippen molar-refractivity contribution in [1.29, 1.82) is 0 Å². The fourth-order valence-electron chi connectivity index (χ4n) is 2.11. The zero-order valence-corrected chi connectivity index (χ0v) is 9.14. The van der Waals surface area contributed by atoms with Crippen molar-refractivity contribution in [3.05, 3.63) is 12.2 Å². The Bertz CT molecular complexity index is 177. The van der Waals surface area contributed by atoms with E-state index in [2.05, 4.69) is 36.2 Å². The first-order valence-corrected chi connectivity index (χ1v) is 5.18. The van der Waals surface area contributed by atoms with Crippen LogP contribution in [0.1, 0.15) is 20.3 Å². The van der Waals surface area contributed by atoms with Crippen LogP contribution in [0.3, 0.4) is 0 Å². The SMILES string of the molecule is C/C=C/CN1CCC(C)(CNC)C1. The van der Waals surface area contributed by atoms with Gasteiger partial charge in [-0.3, -0.25) is 4.90 Å². The molecule has 0 aromatic rings. The zero-order valence-electron chi connectivity index (χ0n) is 9.14. The molecule has 0 amide bonds. The monoisotopic (exact) mass is 182 g/mol. The van der Waals surface area contributed by atoms with E-state index >= 15 is 0 Å². The van der Waals surface area contributed by atoms with Crippen LogP contribution in [0.2, 0.25) is 0 Å². The molecule has 1 heterocycles. The third-order valence-electron chi connectivity index (χ3n) is 2.84. The van der Waals surface area contributed by atoms with Crippen LogP contribution in [0.5, 0.6) is 0 Å². The molecule has 1 N–H and O–H groups in total. The second kappa shape index (κ2) is 4.77. The maximum absolute atomic E-state index is 3.28. The number of hydrogen-bond donors (Lipinski definition) is 1. The van der Waals surface area contributed by atoms with Crippen LogP contribution in [0.4, 0.5) is 0 Å². The van der Waals surface area contributed by atoms with Gasteiger partial charge in [-0.15, -0.1) is 0 Å². The highest BCUT2D eigenvalue weighted by atomic mass is 15.2. The lowest BCUT2D eigenvalue weighted by atomic mass is 9.90. The maximum Gasteiger partial charge on any atom is 0.0163 e. The molecule has 0 bridgehead atoms. The highest BCUT2D eigenvalue weighted by molar-refractivity contribution is 4.91. The topological polar surface area (TPSA) is 15.3 Å². The molecule has 1 aliphatic heterocycles. The van der Waals surface area contributed by atoms with Gasteiger partial charge < -0.3 is 5.32 Å². The van der Waals surface area contributed by atoms with Crippen molar-refractivity contribution in [2.75, 3.05) is 33.2 Å². The Hall–Kier alpha value is -0.340. The van der Waals surface area contributed by atoms with Crippen LogP contribution in [-0.2, 0) is 0 Å². The van der Waals surface area contributed by atoms with Crippen molar-refractivity contribution in [1.82, 2.24) is 10.2 Å². The molecular formula is C11H22N2. The second-order valence-electron chi connectivity index (χ2n) is 4.40. The largest absolute Gasteiger partial charge is 0.319 e. The minimum atomic E-state index is 0.496.